The van der Waals surface area contributed by atoms with Crippen LogP contribution in [-0.4, -0.2) is 90.1 Å². The van der Waals surface area contributed by atoms with Crippen molar-refractivity contribution in [2.75, 3.05) is 27.9 Å². The number of ketones is 3. The Bertz CT molecular complexity index is 478. The predicted octanol–water partition coefficient (Wildman–Crippen LogP) is -1.75. The van der Waals surface area contributed by atoms with Crippen LogP contribution in [0.25, 0.3) is 0 Å². The van der Waals surface area contributed by atoms with Gasteiger partial charge in [-0.25, -0.2) is 0 Å². The molecule has 0 saturated carbocycles. The van der Waals surface area contributed by atoms with E-state index in [4.69, 9.17) is 14.2 Å². The largest absolute Gasteiger partial charge is 0.382 e. The molecule has 0 radical (unpaired) electrons. The number of Topliss-reactive ketones (excluding diaryl/α,β-unsaturated/α-hetero) is 3. The van der Waals surface area contributed by atoms with E-state index in [-0.39, 0.29) is 0 Å². The Morgan fingerprint density at radius 1 is 0.917 bits per heavy atom. The summed E-state index contributed by atoms with van der Waals surface area (Å²) in [6, 6.07) is 0. The average molecular weight is 350 g/mol. The molecule has 0 fully saturated rings. The number of methoxy groups -OCH3 is 3. The summed E-state index contributed by atoms with van der Waals surface area (Å²) >= 11 is 0. The maximum Gasteiger partial charge on any atom is 0.184 e. The van der Waals surface area contributed by atoms with Crippen LogP contribution in [0.4, 0.5) is 0 Å². The second kappa shape index (κ2) is 8.75. The van der Waals surface area contributed by atoms with Crippen LogP contribution in [0.1, 0.15) is 20.8 Å². The first-order valence-corrected chi connectivity index (χ1v) is 7.14. The molecule has 0 heterocycles. The van der Waals surface area contributed by atoms with E-state index in [0.717, 1.165) is 35.0 Å². The summed E-state index contributed by atoms with van der Waals surface area (Å²) in [7, 11) is 3.41. The minimum atomic E-state index is -2.74. The minimum Gasteiger partial charge on any atom is -0.382 e. The van der Waals surface area contributed by atoms with E-state index in [1.54, 1.807) is 0 Å². The van der Waals surface area contributed by atoms with Gasteiger partial charge in [-0.05, 0) is 20.8 Å². The van der Waals surface area contributed by atoms with E-state index >= 15 is 0 Å². The Morgan fingerprint density at radius 3 is 1.62 bits per heavy atom. The molecule has 0 amide bonds. The molecule has 5 atom stereocenters. The van der Waals surface area contributed by atoms with Gasteiger partial charge >= 0.3 is 0 Å². The molecule has 9 heteroatoms. The number of aliphatic hydroxyl groups is 3. The van der Waals surface area contributed by atoms with Crippen LogP contribution in [0.5, 0.6) is 0 Å². The molecule has 0 saturated heterocycles. The highest BCUT2D eigenvalue weighted by atomic mass is 16.6. The normalized spacial score (nSPS) is 20.4. The van der Waals surface area contributed by atoms with Crippen LogP contribution < -0.4 is 0 Å². The van der Waals surface area contributed by atoms with Crippen LogP contribution in [0.15, 0.2) is 0 Å². The summed E-state index contributed by atoms with van der Waals surface area (Å²) in [6.45, 7) is 2.45. The summed E-state index contributed by atoms with van der Waals surface area (Å²) in [5, 5.41) is 31.4. The third kappa shape index (κ3) is 4.05. The average Bonchev–Trinajstić information content (AvgIpc) is 2.50. The highest BCUT2D eigenvalue weighted by molar-refractivity contribution is 5.95. The number of carbonyl (C=O) groups excluding carboxylic acids is 3. The quantitative estimate of drug-likeness (QED) is 0.396. The fourth-order valence-corrected chi connectivity index (χ4v) is 2.57. The van der Waals surface area contributed by atoms with E-state index in [1.165, 1.54) is 7.11 Å². The van der Waals surface area contributed by atoms with Gasteiger partial charge in [0.2, 0.25) is 0 Å². The van der Waals surface area contributed by atoms with Crippen molar-refractivity contribution < 1.29 is 43.9 Å². The number of aliphatic hydroxyl groups excluding tert-OH is 1. The number of ether oxygens (including phenoxy) is 3. The standard InChI is InChI=1S/C15H26O9/c1-8(16)11(19)15(21,10(3)18)13(24-6)12(23-5)14(20,7-22-4)9(2)17/h11-13,19-21H,7H2,1-6H3/t11?,12-,13-,14-,15+/m0/s1. The van der Waals surface area contributed by atoms with Crippen LogP contribution in [-0.2, 0) is 28.6 Å². The Hall–Kier alpha value is -1.23. The van der Waals surface area contributed by atoms with Crippen molar-refractivity contribution in [3.8, 4) is 0 Å². The fourth-order valence-electron chi connectivity index (χ4n) is 2.57. The Kier molecular flexibility index (Phi) is 8.30. The number of hydrogen-bond acceptors (Lipinski definition) is 9. The lowest BCUT2D eigenvalue weighted by molar-refractivity contribution is -0.227. The second-order valence-corrected chi connectivity index (χ2v) is 5.62. The molecule has 3 N–H and O–H groups in total. The highest BCUT2D eigenvalue weighted by Gasteiger charge is 2.59. The Morgan fingerprint density at radius 2 is 1.38 bits per heavy atom. The summed E-state index contributed by atoms with van der Waals surface area (Å²) in [6.07, 6.45) is -5.48. The highest BCUT2D eigenvalue weighted by Crippen LogP contribution is 2.31. The zero-order chi connectivity index (χ0) is 19.3. The fraction of sp³-hybridized carbons (Fsp3) is 0.800. The van der Waals surface area contributed by atoms with Crippen molar-refractivity contribution in [3.63, 3.8) is 0 Å². The molecule has 0 rings (SSSR count). The zero-order valence-electron chi connectivity index (χ0n) is 14.7. The molecule has 0 bridgehead atoms. The van der Waals surface area contributed by atoms with Crippen LogP contribution in [0, 0.1) is 0 Å². The van der Waals surface area contributed by atoms with E-state index in [9.17, 15) is 29.7 Å². The molecule has 1 unspecified atom stereocenters. The SMILES string of the molecule is COC[C@](O)(C(C)=O)[C@@H](OC)[C@H](OC)[C@@](O)(C(C)=O)C(O)C(C)=O. The molecule has 0 aromatic carbocycles. The van der Waals surface area contributed by atoms with Gasteiger partial charge in [0.1, 0.15) is 12.2 Å². The van der Waals surface area contributed by atoms with Gasteiger partial charge in [0.25, 0.3) is 0 Å². The van der Waals surface area contributed by atoms with E-state index in [1.807, 2.05) is 0 Å². The first-order valence-electron chi connectivity index (χ1n) is 7.14. The summed E-state index contributed by atoms with van der Waals surface area (Å²) < 4.78 is 15.0. The molecule has 140 valence electrons. The molecular weight excluding hydrogens is 324 g/mol. The van der Waals surface area contributed by atoms with Gasteiger partial charge in [-0.2, -0.15) is 0 Å². The van der Waals surface area contributed by atoms with Crippen molar-refractivity contribution in [1.82, 2.24) is 0 Å². The van der Waals surface area contributed by atoms with Crippen LogP contribution in [0.3, 0.4) is 0 Å². The van der Waals surface area contributed by atoms with Gasteiger partial charge in [-0.1, -0.05) is 0 Å². The molecule has 0 aliphatic heterocycles. The van der Waals surface area contributed by atoms with Crippen molar-refractivity contribution in [2.45, 2.75) is 50.3 Å². The Labute approximate surface area is 140 Å². The molecule has 0 aromatic rings. The smallest absolute Gasteiger partial charge is 0.184 e. The minimum absolute atomic E-state index is 0.523. The number of carbonyl (C=O) groups is 3. The maximum atomic E-state index is 12.0. The second-order valence-electron chi connectivity index (χ2n) is 5.62. The summed E-state index contributed by atoms with van der Waals surface area (Å²) in [5.74, 6) is -2.67. The monoisotopic (exact) mass is 350 g/mol. The molecule has 0 aromatic heterocycles. The van der Waals surface area contributed by atoms with E-state index in [2.05, 4.69) is 0 Å². The number of rotatable bonds is 11. The third-order valence-electron chi connectivity index (χ3n) is 4.03. The van der Waals surface area contributed by atoms with Crippen molar-refractivity contribution in [3.05, 3.63) is 0 Å². The van der Waals surface area contributed by atoms with E-state index < -0.39 is 53.5 Å². The number of hydrogen-bond donors (Lipinski definition) is 3. The van der Waals surface area contributed by atoms with E-state index in [0.29, 0.717) is 0 Å². The van der Waals surface area contributed by atoms with Crippen LogP contribution in [0.2, 0.25) is 0 Å². The van der Waals surface area contributed by atoms with Gasteiger partial charge in [0.15, 0.2) is 34.7 Å². The lowest BCUT2D eigenvalue weighted by Gasteiger charge is -2.44. The maximum absolute atomic E-state index is 12.0. The lowest BCUT2D eigenvalue weighted by Crippen LogP contribution is -2.69. The van der Waals surface area contributed by atoms with Gasteiger partial charge in [0.05, 0.1) is 6.61 Å². The van der Waals surface area contributed by atoms with Crippen LogP contribution >= 0.6 is 0 Å². The molecule has 0 spiro atoms. The molecule has 24 heavy (non-hydrogen) atoms. The van der Waals surface area contributed by atoms with Crippen molar-refractivity contribution >= 4 is 17.3 Å². The molecular formula is C15H26O9. The summed E-state index contributed by atoms with van der Waals surface area (Å²) in [4.78, 5) is 35.4. The molecule has 0 aliphatic rings. The topological polar surface area (TPSA) is 140 Å². The molecule has 0 aliphatic carbocycles. The third-order valence-corrected chi connectivity index (χ3v) is 4.03. The first kappa shape index (κ1) is 22.8. The van der Waals surface area contributed by atoms with Crippen molar-refractivity contribution in [1.29, 1.82) is 0 Å². The van der Waals surface area contributed by atoms with Crippen molar-refractivity contribution in [2.24, 2.45) is 0 Å². The lowest BCUT2D eigenvalue weighted by atomic mass is 9.76. The molecule has 9 nitrogen and oxygen atoms in total. The van der Waals surface area contributed by atoms with Gasteiger partial charge in [-0.3, -0.25) is 14.4 Å². The predicted molar refractivity (Wildman–Crippen MR) is 81.4 cm³/mol. The zero-order valence-corrected chi connectivity index (χ0v) is 14.7. The van der Waals surface area contributed by atoms with Gasteiger partial charge in [0, 0.05) is 21.3 Å². The first-order chi connectivity index (χ1) is 10.9. The summed E-state index contributed by atoms with van der Waals surface area (Å²) in [5.41, 5.74) is -5.03. The van der Waals surface area contributed by atoms with Gasteiger partial charge < -0.3 is 29.5 Å². The van der Waals surface area contributed by atoms with Gasteiger partial charge in [-0.15, -0.1) is 0 Å². The Balaban J connectivity index is 6.27.